The van der Waals surface area contributed by atoms with Gasteiger partial charge in [0.1, 0.15) is 6.04 Å². The van der Waals surface area contributed by atoms with E-state index in [1.165, 1.54) is 6.92 Å². The summed E-state index contributed by atoms with van der Waals surface area (Å²) in [6, 6.07) is -1.12. The molecule has 0 aliphatic carbocycles. The SMILES string of the molecule is CCCNS(=O)(=O)N[C@H](C)C(=O)O. The molecule has 6 nitrogen and oxygen atoms in total. The monoisotopic (exact) mass is 210 g/mol. The first kappa shape index (κ1) is 12.3. The molecule has 0 aliphatic heterocycles. The number of hydrogen-bond acceptors (Lipinski definition) is 3. The molecule has 0 aliphatic rings. The first-order valence-electron chi connectivity index (χ1n) is 3.88. The normalized spacial score (nSPS) is 14.0. The zero-order chi connectivity index (χ0) is 10.5. The molecule has 7 heteroatoms. The van der Waals surface area contributed by atoms with E-state index in [-0.39, 0.29) is 0 Å². The topological polar surface area (TPSA) is 95.5 Å². The Hall–Kier alpha value is -0.660. The summed E-state index contributed by atoms with van der Waals surface area (Å²) in [5.41, 5.74) is 0. The molecule has 13 heavy (non-hydrogen) atoms. The van der Waals surface area contributed by atoms with Crippen molar-refractivity contribution >= 4 is 16.2 Å². The van der Waals surface area contributed by atoms with E-state index in [0.717, 1.165) is 0 Å². The number of nitrogens with one attached hydrogen (secondary N) is 2. The van der Waals surface area contributed by atoms with E-state index in [9.17, 15) is 13.2 Å². The fourth-order valence-electron chi connectivity index (χ4n) is 0.561. The van der Waals surface area contributed by atoms with Crippen molar-refractivity contribution in [2.24, 2.45) is 0 Å². The van der Waals surface area contributed by atoms with Crippen molar-refractivity contribution in [2.75, 3.05) is 6.54 Å². The smallest absolute Gasteiger partial charge is 0.321 e. The van der Waals surface area contributed by atoms with Gasteiger partial charge in [-0.25, -0.2) is 4.72 Å². The molecule has 0 aromatic carbocycles. The van der Waals surface area contributed by atoms with Crippen LogP contribution in [0.4, 0.5) is 0 Å². The molecule has 0 bridgehead atoms. The van der Waals surface area contributed by atoms with E-state index in [0.29, 0.717) is 13.0 Å². The van der Waals surface area contributed by atoms with Crippen LogP contribution in [0.3, 0.4) is 0 Å². The zero-order valence-corrected chi connectivity index (χ0v) is 8.39. The third-order valence-electron chi connectivity index (χ3n) is 1.24. The van der Waals surface area contributed by atoms with Crippen molar-refractivity contribution in [3.63, 3.8) is 0 Å². The Morgan fingerprint density at radius 2 is 2.08 bits per heavy atom. The summed E-state index contributed by atoms with van der Waals surface area (Å²) in [5.74, 6) is -1.21. The summed E-state index contributed by atoms with van der Waals surface area (Å²) < 4.78 is 26.2. The molecule has 78 valence electrons. The number of carboxylic acids is 1. The van der Waals surface area contributed by atoms with Crippen LogP contribution < -0.4 is 9.44 Å². The van der Waals surface area contributed by atoms with Gasteiger partial charge in [0.15, 0.2) is 0 Å². The van der Waals surface area contributed by atoms with Crippen molar-refractivity contribution in [1.82, 2.24) is 9.44 Å². The molecular weight excluding hydrogens is 196 g/mol. The zero-order valence-electron chi connectivity index (χ0n) is 7.57. The fraction of sp³-hybridized carbons (Fsp3) is 0.833. The Balaban J connectivity index is 4.10. The Labute approximate surface area is 77.5 Å². The van der Waals surface area contributed by atoms with Gasteiger partial charge in [-0.2, -0.15) is 13.1 Å². The minimum Gasteiger partial charge on any atom is -0.480 e. The van der Waals surface area contributed by atoms with Crippen molar-refractivity contribution in [2.45, 2.75) is 26.3 Å². The van der Waals surface area contributed by atoms with E-state index in [1.807, 2.05) is 11.6 Å². The molecule has 0 heterocycles. The maximum Gasteiger partial charge on any atom is 0.321 e. The van der Waals surface area contributed by atoms with Crippen LogP contribution in [0, 0.1) is 0 Å². The maximum atomic E-state index is 11.0. The highest BCUT2D eigenvalue weighted by Crippen LogP contribution is 1.86. The van der Waals surface area contributed by atoms with E-state index < -0.39 is 22.2 Å². The Morgan fingerprint density at radius 3 is 2.46 bits per heavy atom. The lowest BCUT2D eigenvalue weighted by Crippen LogP contribution is -2.45. The van der Waals surface area contributed by atoms with Crippen molar-refractivity contribution < 1.29 is 18.3 Å². The number of carboxylic acid groups (broad SMARTS) is 1. The van der Waals surface area contributed by atoms with Gasteiger partial charge < -0.3 is 5.11 Å². The van der Waals surface area contributed by atoms with Gasteiger partial charge in [0.05, 0.1) is 0 Å². The molecule has 0 saturated carbocycles. The molecule has 0 radical (unpaired) electrons. The molecule has 0 unspecified atom stereocenters. The molecule has 0 aromatic heterocycles. The van der Waals surface area contributed by atoms with Crippen LogP contribution in [-0.4, -0.2) is 32.1 Å². The fourth-order valence-corrected chi connectivity index (χ4v) is 1.68. The van der Waals surface area contributed by atoms with Crippen LogP contribution in [0.2, 0.25) is 0 Å². The number of carbonyl (C=O) groups is 1. The molecule has 0 aromatic rings. The van der Waals surface area contributed by atoms with Crippen LogP contribution in [0.25, 0.3) is 0 Å². The highest BCUT2D eigenvalue weighted by molar-refractivity contribution is 7.87. The average Bonchev–Trinajstić information content (AvgIpc) is 2.00. The van der Waals surface area contributed by atoms with Crippen molar-refractivity contribution in [1.29, 1.82) is 0 Å². The first-order valence-corrected chi connectivity index (χ1v) is 5.37. The third-order valence-corrected chi connectivity index (χ3v) is 2.49. The maximum absolute atomic E-state index is 11.0. The van der Waals surface area contributed by atoms with Crippen LogP contribution in [-0.2, 0) is 15.0 Å². The summed E-state index contributed by atoms with van der Waals surface area (Å²) in [7, 11) is -3.67. The van der Waals surface area contributed by atoms with Crippen LogP contribution in [0.15, 0.2) is 0 Å². The third kappa shape index (κ3) is 5.56. The quantitative estimate of drug-likeness (QED) is 0.540. The summed E-state index contributed by atoms with van der Waals surface area (Å²) in [5, 5.41) is 8.42. The molecule has 3 N–H and O–H groups in total. The van der Waals surface area contributed by atoms with E-state index in [4.69, 9.17) is 5.11 Å². The number of rotatable bonds is 6. The summed E-state index contributed by atoms with van der Waals surface area (Å²) in [6.45, 7) is 3.36. The molecule has 0 amide bonds. The van der Waals surface area contributed by atoms with Gasteiger partial charge in [0.2, 0.25) is 0 Å². The molecule has 0 saturated heterocycles. The Kier molecular flexibility index (Phi) is 4.89. The second-order valence-corrected chi connectivity index (χ2v) is 4.11. The number of hydrogen-bond donors (Lipinski definition) is 3. The minimum atomic E-state index is -3.67. The predicted molar refractivity (Wildman–Crippen MR) is 47.4 cm³/mol. The van der Waals surface area contributed by atoms with Gasteiger partial charge >= 0.3 is 5.97 Å². The van der Waals surface area contributed by atoms with Crippen molar-refractivity contribution in [3.8, 4) is 0 Å². The van der Waals surface area contributed by atoms with Crippen LogP contribution in [0.1, 0.15) is 20.3 Å². The average molecular weight is 210 g/mol. The highest BCUT2D eigenvalue weighted by Gasteiger charge is 2.18. The van der Waals surface area contributed by atoms with Gasteiger partial charge in [-0.3, -0.25) is 4.79 Å². The highest BCUT2D eigenvalue weighted by atomic mass is 32.2. The van der Waals surface area contributed by atoms with Crippen molar-refractivity contribution in [3.05, 3.63) is 0 Å². The van der Waals surface area contributed by atoms with E-state index in [2.05, 4.69) is 4.72 Å². The second kappa shape index (κ2) is 5.15. The van der Waals surface area contributed by atoms with E-state index in [1.54, 1.807) is 0 Å². The summed E-state index contributed by atoms with van der Waals surface area (Å²) in [6.07, 6.45) is 0.655. The Bertz CT molecular complexity index is 262. The van der Waals surface area contributed by atoms with Gasteiger partial charge in [-0.1, -0.05) is 6.92 Å². The van der Waals surface area contributed by atoms with Gasteiger partial charge in [0, 0.05) is 6.54 Å². The summed E-state index contributed by atoms with van der Waals surface area (Å²) in [4.78, 5) is 10.3. The predicted octanol–water partition coefficient (Wildman–Crippen LogP) is -0.706. The van der Waals surface area contributed by atoms with Gasteiger partial charge in [0.25, 0.3) is 10.2 Å². The number of aliphatic carboxylic acids is 1. The Morgan fingerprint density at radius 1 is 1.54 bits per heavy atom. The molecule has 0 fully saturated rings. The standard InChI is InChI=1S/C6H14N2O4S/c1-3-4-7-13(11,12)8-5(2)6(9)10/h5,7-8H,3-4H2,1-2H3,(H,9,10)/t5-/m1/s1. The lowest BCUT2D eigenvalue weighted by atomic mass is 10.4. The molecule has 0 spiro atoms. The molecule has 0 rings (SSSR count). The second-order valence-electron chi connectivity index (χ2n) is 2.58. The van der Waals surface area contributed by atoms with Crippen LogP contribution >= 0.6 is 0 Å². The van der Waals surface area contributed by atoms with E-state index >= 15 is 0 Å². The van der Waals surface area contributed by atoms with Gasteiger partial charge in [-0.15, -0.1) is 0 Å². The molecular formula is C6H14N2O4S. The van der Waals surface area contributed by atoms with Gasteiger partial charge in [-0.05, 0) is 13.3 Å². The van der Waals surface area contributed by atoms with Crippen LogP contribution in [0.5, 0.6) is 0 Å². The molecule has 1 atom stereocenters. The minimum absolute atomic E-state index is 0.293. The largest absolute Gasteiger partial charge is 0.480 e. The lowest BCUT2D eigenvalue weighted by molar-refractivity contribution is -0.138. The first-order chi connectivity index (χ1) is 5.89. The summed E-state index contributed by atoms with van der Waals surface area (Å²) >= 11 is 0. The lowest BCUT2D eigenvalue weighted by Gasteiger charge is -2.10.